The molecule has 2 amide bonds. The Balaban J connectivity index is 1.56. The van der Waals surface area contributed by atoms with Gasteiger partial charge in [0.1, 0.15) is 0 Å². The molecule has 1 atom stereocenters. The van der Waals surface area contributed by atoms with Gasteiger partial charge in [-0.25, -0.2) is 9.78 Å². The maximum absolute atomic E-state index is 12.1. The van der Waals surface area contributed by atoms with Crippen molar-refractivity contribution in [3.8, 4) is 11.3 Å². The molecule has 22 heavy (non-hydrogen) atoms. The number of carbonyl (C=O) groups is 1. The first-order chi connectivity index (χ1) is 10.7. The van der Waals surface area contributed by atoms with E-state index in [4.69, 9.17) is 9.15 Å². The van der Waals surface area contributed by atoms with Crippen molar-refractivity contribution in [1.29, 1.82) is 0 Å². The Morgan fingerprint density at radius 2 is 2.23 bits per heavy atom. The van der Waals surface area contributed by atoms with Crippen LogP contribution in [0.15, 0.2) is 40.9 Å². The Labute approximate surface area is 129 Å². The van der Waals surface area contributed by atoms with Crippen LogP contribution in [0.3, 0.4) is 0 Å². The summed E-state index contributed by atoms with van der Waals surface area (Å²) in [7, 11) is 0. The van der Waals surface area contributed by atoms with Gasteiger partial charge >= 0.3 is 6.03 Å². The minimum atomic E-state index is -0.116. The first-order valence-corrected chi connectivity index (χ1v) is 7.37. The molecule has 1 aliphatic rings. The third-order valence-corrected chi connectivity index (χ3v) is 3.53. The fraction of sp³-hybridized carbons (Fsp3) is 0.375. The van der Waals surface area contributed by atoms with Crippen molar-refractivity contribution in [2.45, 2.75) is 19.6 Å². The second kappa shape index (κ2) is 6.62. The molecule has 0 bridgehead atoms. The van der Waals surface area contributed by atoms with Gasteiger partial charge in [-0.15, -0.1) is 0 Å². The quantitative estimate of drug-likeness (QED) is 0.944. The zero-order valence-corrected chi connectivity index (χ0v) is 12.5. The monoisotopic (exact) mass is 301 g/mol. The Bertz CT molecular complexity index is 627. The smallest absolute Gasteiger partial charge is 0.318 e. The molecule has 1 fully saturated rings. The van der Waals surface area contributed by atoms with Gasteiger partial charge < -0.3 is 19.4 Å². The Kier molecular flexibility index (Phi) is 4.39. The molecule has 1 N–H and O–H groups in total. The van der Waals surface area contributed by atoms with E-state index in [0.717, 1.165) is 5.56 Å². The number of nitrogens with one attached hydrogen (secondary N) is 1. The molecule has 1 aromatic heterocycles. The Morgan fingerprint density at radius 3 is 3.00 bits per heavy atom. The molecule has 6 heteroatoms. The lowest BCUT2D eigenvalue weighted by Gasteiger charge is -2.30. The number of ether oxygens (including phenoxy) is 1. The van der Waals surface area contributed by atoms with Crippen molar-refractivity contribution in [3.63, 3.8) is 0 Å². The minimum Gasteiger partial charge on any atom is -0.439 e. The number of hydrogen-bond acceptors (Lipinski definition) is 4. The molecule has 0 radical (unpaired) electrons. The number of carbonyl (C=O) groups excluding carboxylic acids is 1. The van der Waals surface area contributed by atoms with E-state index < -0.39 is 0 Å². The molecule has 6 nitrogen and oxygen atoms in total. The number of benzene rings is 1. The molecule has 0 spiro atoms. The summed E-state index contributed by atoms with van der Waals surface area (Å²) >= 11 is 0. The van der Waals surface area contributed by atoms with Crippen LogP contribution < -0.4 is 5.32 Å². The van der Waals surface area contributed by atoms with Crippen LogP contribution in [0.4, 0.5) is 4.79 Å². The lowest BCUT2D eigenvalue weighted by atomic mass is 10.2. The number of nitrogens with zero attached hydrogens (tertiary/aromatic N) is 2. The van der Waals surface area contributed by atoms with Crippen LogP contribution in [-0.2, 0) is 11.3 Å². The van der Waals surface area contributed by atoms with Gasteiger partial charge in [0.15, 0.2) is 5.76 Å². The zero-order valence-electron chi connectivity index (χ0n) is 12.5. The highest BCUT2D eigenvalue weighted by atomic mass is 16.5. The number of rotatable bonds is 3. The van der Waals surface area contributed by atoms with E-state index in [1.54, 1.807) is 11.1 Å². The van der Waals surface area contributed by atoms with E-state index >= 15 is 0 Å². The number of aromatic nitrogens is 1. The molecule has 1 aromatic carbocycles. The predicted molar refractivity (Wildman–Crippen MR) is 81.2 cm³/mol. The molecule has 2 aromatic rings. The minimum absolute atomic E-state index is 0.0749. The van der Waals surface area contributed by atoms with Crippen molar-refractivity contribution >= 4 is 6.03 Å². The normalized spacial score (nSPS) is 18.2. The first-order valence-electron chi connectivity index (χ1n) is 7.37. The topological polar surface area (TPSA) is 67.6 Å². The van der Waals surface area contributed by atoms with Crippen molar-refractivity contribution in [2.24, 2.45) is 0 Å². The average Bonchev–Trinajstić information content (AvgIpc) is 3.02. The van der Waals surface area contributed by atoms with Gasteiger partial charge in [0.25, 0.3) is 0 Å². The number of morpholine rings is 1. The van der Waals surface area contributed by atoms with Gasteiger partial charge in [-0.2, -0.15) is 0 Å². The van der Waals surface area contributed by atoms with Crippen LogP contribution in [-0.4, -0.2) is 41.7 Å². The molecular formula is C16H19N3O3. The van der Waals surface area contributed by atoms with Gasteiger partial charge in [-0.05, 0) is 6.92 Å². The maximum atomic E-state index is 12.1. The number of hydrogen-bond donors (Lipinski definition) is 1. The summed E-state index contributed by atoms with van der Waals surface area (Å²) < 4.78 is 11.1. The summed E-state index contributed by atoms with van der Waals surface area (Å²) in [4.78, 5) is 18.0. The lowest BCUT2D eigenvalue weighted by Crippen LogP contribution is -2.48. The molecule has 1 aliphatic heterocycles. The lowest BCUT2D eigenvalue weighted by molar-refractivity contribution is -0.00358. The third-order valence-electron chi connectivity index (χ3n) is 3.53. The van der Waals surface area contributed by atoms with Gasteiger partial charge in [0, 0.05) is 18.7 Å². The van der Waals surface area contributed by atoms with Gasteiger partial charge in [0.05, 0.1) is 25.5 Å². The highest BCUT2D eigenvalue weighted by molar-refractivity contribution is 5.74. The summed E-state index contributed by atoms with van der Waals surface area (Å²) in [5.41, 5.74) is 0.967. The van der Waals surface area contributed by atoms with Crippen molar-refractivity contribution < 1.29 is 13.9 Å². The van der Waals surface area contributed by atoms with E-state index in [1.165, 1.54) is 0 Å². The van der Waals surface area contributed by atoms with Crippen LogP contribution in [0.5, 0.6) is 0 Å². The van der Waals surface area contributed by atoms with E-state index in [-0.39, 0.29) is 18.7 Å². The van der Waals surface area contributed by atoms with Crippen molar-refractivity contribution in [1.82, 2.24) is 15.2 Å². The molecule has 2 heterocycles. The van der Waals surface area contributed by atoms with E-state index in [1.807, 2.05) is 37.3 Å². The van der Waals surface area contributed by atoms with E-state index in [0.29, 0.717) is 31.3 Å². The number of urea groups is 1. The van der Waals surface area contributed by atoms with Crippen LogP contribution in [0.25, 0.3) is 11.3 Å². The van der Waals surface area contributed by atoms with Crippen molar-refractivity contribution in [2.75, 3.05) is 19.7 Å². The predicted octanol–water partition coefficient (Wildman–Crippen LogP) is 2.27. The Morgan fingerprint density at radius 1 is 1.41 bits per heavy atom. The summed E-state index contributed by atoms with van der Waals surface area (Å²) in [6, 6.07) is 9.63. The maximum Gasteiger partial charge on any atom is 0.318 e. The van der Waals surface area contributed by atoms with Crippen LogP contribution in [0.2, 0.25) is 0 Å². The zero-order chi connectivity index (χ0) is 15.4. The summed E-state index contributed by atoms with van der Waals surface area (Å²) in [5, 5.41) is 2.83. The van der Waals surface area contributed by atoms with Crippen LogP contribution in [0.1, 0.15) is 12.8 Å². The van der Waals surface area contributed by atoms with Crippen molar-refractivity contribution in [3.05, 3.63) is 42.4 Å². The molecule has 0 unspecified atom stereocenters. The highest BCUT2D eigenvalue weighted by Crippen LogP contribution is 2.19. The van der Waals surface area contributed by atoms with Gasteiger partial charge in [-0.3, -0.25) is 0 Å². The average molecular weight is 301 g/mol. The number of oxazole rings is 1. The van der Waals surface area contributed by atoms with Crippen LogP contribution >= 0.6 is 0 Å². The largest absolute Gasteiger partial charge is 0.439 e. The first kappa shape index (κ1) is 14.6. The molecule has 0 saturated carbocycles. The van der Waals surface area contributed by atoms with Crippen LogP contribution in [0, 0.1) is 0 Å². The van der Waals surface area contributed by atoms with E-state index in [9.17, 15) is 4.79 Å². The summed E-state index contributed by atoms with van der Waals surface area (Å²) in [6.07, 6.45) is 1.75. The molecule has 3 rings (SSSR count). The number of amides is 2. The second-order valence-corrected chi connectivity index (χ2v) is 5.27. The van der Waals surface area contributed by atoms with E-state index in [2.05, 4.69) is 10.3 Å². The summed E-state index contributed by atoms with van der Waals surface area (Å²) in [5.74, 6) is 1.19. The fourth-order valence-corrected chi connectivity index (χ4v) is 2.39. The second-order valence-electron chi connectivity index (χ2n) is 5.27. The Hall–Kier alpha value is -2.34. The summed E-state index contributed by atoms with van der Waals surface area (Å²) in [6.45, 7) is 4.02. The van der Waals surface area contributed by atoms with Gasteiger partial charge in [0.2, 0.25) is 5.89 Å². The molecule has 1 saturated heterocycles. The molecule has 116 valence electrons. The third kappa shape index (κ3) is 3.46. The SMILES string of the molecule is C[C@H]1CN(C(=O)NCc2ncc(-c3ccccc3)o2)CCO1. The fourth-order valence-electron chi connectivity index (χ4n) is 2.39. The standard InChI is InChI=1S/C16H19N3O3/c1-12-11-19(7-8-21-12)16(20)18-10-15-17-9-14(22-15)13-5-3-2-4-6-13/h2-6,9,12H,7-8,10-11H2,1H3,(H,18,20)/t12-/m0/s1. The molecular weight excluding hydrogens is 282 g/mol. The van der Waals surface area contributed by atoms with Gasteiger partial charge in [-0.1, -0.05) is 30.3 Å². The highest BCUT2D eigenvalue weighted by Gasteiger charge is 2.21. The molecule has 0 aliphatic carbocycles.